The molecule has 2 aliphatic rings. The lowest BCUT2D eigenvalue weighted by Gasteiger charge is -2.41. The second-order valence-electron chi connectivity index (χ2n) is 9.20. The van der Waals surface area contributed by atoms with Crippen LogP contribution >= 0.6 is 11.3 Å². The van der Waals surface area contributed by atoms with Crippen LogP contribution in [-0.2, 0) is 14.8 Å². The van der Waals surface area contributed by atoms with Crippen LogP contribution in [-0.4, -0.2) is 67.7 Å². The van der Waals surface area contributed by atoms with Gasteiger partial charge in [0.25, 0.3) is 10.0 Å². The first-order chi connectivity index (χ1) is 17.0. The second-order valence-corrected chi connectivity index (χ2v) is 12.3. The molecule has 184 valence electrons. The van der Waals surface area contributed by atoms with E-state index in [1.165, 1.54) is 26.8 Å². The Morgan fingerprint density at radius 1 is 0.771 bits per heavy atom. The lowest BCUT2D eigenvalue weighted by Crippen LogP contribution is -2.52. The van der Waals surface area contributed by atoms with Gasteiger partial charge in [0.05, 0.1) is 6.04 Å². The maximum absolute atomic E-state index is 13.3. The van der Waals surface area contributed by atoms with E-state index in [1.54, 1.807) is 17.5 Å². The minimum absolute atomic E-state index is 0.102. The molecule has 1 amide bonds. The van der Waals surface area contributed by atoms with Gasteiger partial charge in [-0.15, -0.1) is 11.3 Å². The molecule has 0 bridgehead atoms. The van der Waals surface area contributed by atoms with E-state index in [9.17, 15) is 13.2 Å². The molecule has 35 heavy (non-hydrogen) atoms. The van der Waals surface area contributed by atoms with Gasteiger partial charge >= 0.3 is 0 Å². The highest BCUT2D eigenvalue weighted by Crippen LogP contribution is 2.31. The predicted molar refractivity (Wildman–Crippen MR) is 139 cm³/mol. The number of hydrogen-bond donors (Lipinski definition) is 0. The smallest absolute Gasteiger partial charge is 0.252 e. The lowest BCUT2D eigenvalue weighted by atomic mass is 9.95. The number of hydrogen-bond acceptors (Lipinski definition) is 5. The van der Waals surface area contributed by atoms with Crippen LogP contribution in [0.3, 0.4) is 0 Å². The molecule has 0 aliphatic carbocycles. The van der Waals surface area contributed by atoms with Crippen LogP contribution in [0, 0.1) is 5.92 Å². The Labute approximate surface area is 211 Å². The highest BCUT2D eigenvalue weighted by molar-refractivity contribution is 7.91. The summed E-state index contributed by atoms with van der Waals surface area (Å²) in [4.78, 5) is 17.7. The normalized spacial score (nSPS) is 18.7. The maximum atomic E-state index is 13.3. The Morgan fingerprint density at radius 2 is 1.34 bits per heavy atom. The van der Waals surface area contributed by atoms with E-state index in [4.69, 9.17) is 0 Å². The number of piperidine rings is 1. The Kier molecular flexibility index (Phi) is 7.34. The fraction of sp³-hybridized carbons (Fsp3) is 0.370. The van der Waals surface area contributed by atoms with Gasteiger partial charge in [0.1, 0.15) is 4.21 Å². The zero-order valence-electron chi connectivity index (χ0n) is 19.7. The van der Waals surface area contributed by atoms with E-state index in [0.717, 1.165) is 13.1 Å². The summed E-state index contributed by atoms with van der Waals surface area (Å²) in [5.74, 6) is 0.0733. The fourth-order valence-electron chi connectivity index (χ4n) is 5.22. The summed E-state index contributed by atoms with van der Waals surface area (Å²) >= 11 is 1.24. The largest absolute Gasteiger partial charge is 0.340 e. The van der Waals surface area contributed by atoms with E-state index >= 15 is 0 Å². The van der Waals surface area contributed by atoms with Gasteiger partial charge in [-0.25, -0.2) is 8.42 Å². The van der Waals surface area contributed by atoms with Crippen molar-refractivity contribution in [3.8, 4) is 0 Å². The fourth-order valence-corrected chi connectivity index (χ4v) is 7.84. The standard InChI is InChI=1S/C27H31N3O3S2/c31-27(24-13-15-30(16-14-24)35(32,33)25-12-7-21-34-25)29-19-17-28(18-20-29)26(22-8-3-1-4-9-22)23-10-5-2-6-11-23/h1-12,21,24,26H,13-20H2. The number of rotatable bonds is 6. The molecule has 0 saturated carbocycles. The Bertz CT molecular complexity index is 1160. The summed E-state index contributed by atoms with van der Waals surface area (Å²) < 4.78 is 27.5. The zero-order chi connectivity index (χ0) is 24.3. The van der Waals surface area contributed by atoms with E-state index in [2.05, 4.69) is 53.4 Å². The number of benzene rings is 2. The molecule has 5 rings (SSSR count). The highest BCUT2D eigenvalue weighted by atomic mass is 32.2. The molecule has 3 aromatic rings. The number of carbonyl (C=O) groups excluding carboxylic acids is 1. The topological polar surface area (TPSA) is 60.9 Å². The number of piperazine rings is 1. The summed E-state index contributed by atoms with van der Waals surface area (Å²) in [7, 11) is -3.44. The average Bonchev–Trinajstić information content (AvgIpc) is 3.47. The summed E-state index contributed by atoms with van der Waals surface area (Å²) in [6.45, 7) is 3.82. The zero-order valence-corrected chi connectivity index (χ0v) is 21.3. The van der Waals surface area contributed by atoms with Crippen molar-refractivity contribution in [1.82, 2.24) is 14.1 Å². The molecule has 0 atom stereocenters. The summed E-state index contributed by atoms with van der Waals surface area (Å²) in [5, 5.41) is 1.78. The van der Waals surface area contributed by atoms with Crippen LogP contribution in [0.15, 0.2) is 82.4 Å². The second kappa shape index (κ2) is 10.6. The Hall–Kier alpha value is -2.52. The van der Waals surface area contributed by atoms with Gasteiger partial charge in [0.2, 0.25) is 5.91 Å². The molecule has 3 heterocycles. The molecule has 2 fully saturated rings. The van der Waals surface area contributed by atoms with Crippen LogP contribution in [0.4, 0.5) is 0 Å². The number of nitrogens with zero attached hydrogens (tertiary/aromatic N) is 3. The van der Waals surface area contributed by atoms with E-state index < -0.39 is 10.0 Å². The number of carbonyl (C=O) groups is 1. The minimum Gasteiger partial charge on any atom is -0.340 e. The molecule has 8 heteroatoms. The van der Waals surface area contributed by atoms with Crippen molar-refractivity contribution in [3.05, 3.63) is 89.3 Å². The Balaban J connectivity index is 1.20. The van der Waals surface area contributed by atoms with Crippen LogP contribution in [0.25, 0.3) is 0 Å². The maximum Gasteiger partial charge on any atom is 0.252 e. The van der Waals surface area contributed by atoms with Crippen molar-refractivity contribution >= 4 is 27.3 Å². The van der Waals surface area contributed by atoms with Crippen molar-refractivity contribution in [1.29, 1.82) is 0 Å². The van der Waals surface area contributed by atoms with Gasteiger partial charge in [-0.3, -0.25) is 9.69 Å². The first kappa shape index (κ1) is 24.2. The van der Waals surface area contributed by atoms with Gasteiger partial charge in [0.15, 0.2) is 0 Å². The van der Waals surface area contributed by atoms with E-state index in [1.807, 2.05) is 17.0 Å². The summed E-state index contributed by atoms with van der Waals surface area (Å²) in [5.41, 5.74) is 2.52. The van der Waals surface area contributed by atoms with Gasteiger partial charge < -0.3 is 4.90 Å². The van der Waals surface area contributed by atoms with Crippen LogP contribution < -0.4 is 0 Å². The van der Waals surface area contributed by atoms with Crippen molar-refractivity contribution < 1.29 is 13.2 Å². The third-order valence-corrected chi connectivity index (χ3v) is 10.4. The molecule has 0 radical (unpaired) electrons. The predicted octanol–water partition coefficient (Wildman–Crippen LogP) is 4.08. The number of thiophene rings is 1. The van der Waals surface area contributed by atoms with Crippen LogP contribution in [0.2, 0.25) is 0 Å². The molecule has 1 aromatic heterocycles. The molecular weight excluding hydrogens is 478 g/mol. The third-order valence-electron chi connectivity index (χ3n) is 7.11. The quantitative estimate of drug-likeness (QED) is 0.502. The van der Waals surface area contributed by atoms with Gasteiger partial charge in [-0.2, -0.15) is 4.31 Å². The SMILES string of the molecule is O=C(C1CCN(S(=O)(=O)c2cccs2)CC1)N1CCN(C(c2ccccc2)c2ccccc2)CC1. The summed E-state index contributed by atoms with van der Waals surface area (Å²) in [6, 6.07) is 24.7. The third kappa shape index (κ3) is 5.21. The lowest BCUT2D eigenvalue weighted by molar-refractivity contribution is -0.138. The Morgan fingerprint density at radius 3 is 1.86 bits per heavy atom. The molecular formula is C27H31N3O3S2. The van der Waals surface area contributed by atoms with E-state index in [-0.39, 0.29) is 17.9 Å². The molecule has 2 aromatic carbocycles. The van der Waals surface area contributed by atoms with E-state index in [0.29, 0.717) is 43.2 Å². The van der Waals surface area contributed by atoms with Crippen molar-refractivity contribution in [2.45, 2.75) is 23.1 Å². The van der Waals surface area contributed by atoms with Gasteiger partial charge in [0, 0.05) is 45.2 Å². The van der Waals surface area contributed by atoms with Crippen LogP contribution in [0.5, 0.6) is 0 Å². The molecule has 0 spiro atoms. The first-order valence-corrected chi connectivity index (χ1v) is 14.5. The molecule has 0 N–H and O–H groups in total. The average molecular weight is 510 g/mol. The number of amides is 1. The molecule has 2 aliphatic heterocycles. The first-order valence-electron chi connectivity index (χ1n) is 12.2. The van der Waals surface area contributed by atoms with Crippen molar-refractivity contribution in [2.24, 2.45) is 5.92 Å². The molecule has 2 saturated heterocycles. The van der Waals surface area contributed by atoms with Gasteiger partial charge in [-0.1, -0.05) is 66.7 Å². The van der Waals surface area contributed by atoms with Crippen LogP contribution in [0.1, 0.15) is 30.0 Å². The van der Waals surface area contributed by atoms with Crippen molar-refractivity contribution in [2.75, 3.05) is 39.3 Å². The highest BCUT2D eigenvalue weighted by Gasteiger charge is 2.36. The molecule has 6 nitrogen and oxygen atoms in total. The number of sulfonamides is 1. The molecule has 0 unspecified atom stereocenters. The monoisotopic (exact) mass is 509 g/mol. The minimum atomic E-state index is -3.44. The van der Waals surface area contributed by atoms with Crippen molar-refractivity contribution in [3.63, 3.8) is 0 Å². The summed E-state index contributed by atoms with van der Waals surface area (Å²) in [6.07, 6.45) is 1.17. The van der Waals surface area contributed by atoms with Gasteiger partial charge in [-0.05, 0) is 35.4 Å².